The van der Waals surface area contributed by atoms with Gasteiger partial charge in [-0.25, -0.2) is 4.79 Å². The van der Waals surface area contributed by atoms with Gasteiger partial charge in [0, 0.05) is 12.1 Å². The average molecular weight is 352 g/mol. The molecule has 24 heavy (non-hydrogen) atoms. The summed E-state index contributed by atoms with van der Waals surface area (Å²) in [5, 5.41) is 4.64. The van der Waals surface area contributed by atoms with Gasteiger partial charge in [0.05, 0.1) is 4.88 Å². The maximum Gasteiger partial charge on any atom is 0.329 e. The van der Waals surface area contributed by atoms with Gasteiger partial charge < -0.3 is 15.0 Å². The van der Waals surface area contributed by atoms with E-state index in [9.17, 15) is 14.4 Å². The highest BCUT2D eigenvalue weighted by Crippen LogP contribution is 2.23. The van der Waals surface area contributed by atoms with E-state index in [0.717, 1.165) is 12.8 Å². The average Bonchev–Trinajstić information content (AvgIpc) is 3.22. The molecule has 0 radical (unpaired) electrons. The molecule has 1 N–H and O–H groups in total. The summed E-state index contributed by atoms with van der Waals surface area (Å²) in [6.07, 6.45) is 2.10. The summed E-state index contributed by atoms with van der Waals surface area (Å²) in [6, 6.07) is 2.95. The summed E-state index contributed by atoms with van der Waals surface area (Å²) in [7, 11) is 0. The van der Waals surface area contributed by atoms with Crippen molar-refractivity contribution in [2.24, 2.45) is 0 Å². The molecule has 1 aromatic heterocycles. The summed E-state index contributed by atoms with van der Waals surface area (Å²) in [5.41, 5.74) is -0.335. The smallest absolute Gasteiger partial charge is 0.329 e. The number of carbonyl (C=O) groups is 3. The highest BCUT2D eigenvalue weighted by Gasteiger charge is 2.36. The van der Waals surface area contributed by atoms with E-state index in [1.54, 1.807) is 17.0 Å². The number of thiophene rings is 1. The van der Waals surface area contributed by atoms with E-state index in [1.165, 1.54) is 11.3 Å². The number of ether oxygens (including phenoxy) is 1. The van der Waals surface area contributed by atoms with Crippen molar-refractivity contribution in [3.8, 4) is 0 Å². The Morgan fingerprint density at radius 2 is 2.17 bits per heavy atom. The minimum absolute atomic E-state index is 0.152. The van der Waals surface area contributed by atoms with Crippen molar-refractivity contribution in [2.45, 2.75) is 51.6 Å². The van der Waals surface area contributed by atoms with Crippen molar-refractivity contribution in [1.29, 1.82) is 0 Å². The van der Waals surface area contributed by atoms with Crippen LogP contribution in [0.3, 0.4) is 0 Å². The fourth-order valence-corrected chi connectivity index (χ4v) is 3.21. The molecule has 1 aliphatic rings. The molecule has 2 heterocycles. The highest BCUT2D eigenvalue weighted by atomic mass is 32.1. The largest absolute Gasteiger partial charge is 0.454 e. The van der Waals surface area contributed by atoms with Crippen molar-refractivity contribution in [1.82, 2.24) is 10.2 Å². The second kappa shape index (κ2) is 7.79. The first-order valence-corrected chi connectivity index (χ1v) is 9.04. The van der Waals surface area contributed by atoms with Gasteiger partial charge in [0.2, 0.25) is 0 Å². The Labute approximate surface area is 146 Å². The summed E-state index contributed by atoms with van der Waals surface area (Å²) in [5.74, 6) is -0.993. The number of esters is 1. The van der Waals surface area contributed by atoms with Gasteiger partial charge in [-0.05, 0) is 44.6 Å². The molecule has 2 rings (SSSR count). The first-order chi connectivity index (χ1) is 11.3. The molecule has 1 aromatic rings. The Morgan fingerprint density at radius 1 is 1.42 bits per heavy atom. The van der Waals surface area contributed by atoms with Gasteiger partial charge in [-0.3, -0.25) is 9.59 Å². The van der Waals surface area contributed by atoms with E-state index in [4.69, 9.17) is 4.74 Å². The zero-order valence-electron chi connectivity index (χ0n) is 14.3. The van der Waals surface area contributed by atoms with Crippen molar-refractivity contribution in [2.75, 3.05) is 13.2 Å². The topological polar surface area (TPSA) is 75.7 Å². The van der Waals surface area contributed by atoms with Gasteiger partial charge in [0.15, 0.2) is 6.61 Å². The molecule has 1 saturated heterocycles. The molecule has 1 atom stereocenters. The van der Waals surface area contributed by atoms with Crippen LogP contribution in [0.15, 0.2) is 17.5 Å². The number of rotatable bonds is 6. The second-order valence-corrected chi connectivity index (χ2v) is 7.47. The fraction of sp³-hybridized carbons (Fsp3) is 0.588. The van der Waals surface area contributed by atoms with Crippen LogP contribution in [0.2, 0.25) is 0 Å². The van der Waals surface area contributed by atoms with Gasteiger partial charge in [0.25, 0.3) is 11.8 Å². The van der Waals surface area contributed by atoms with Gasteiger partial charge in [-0.15, -0.1) is 11.3 Å². The quantitative estimate of drug-likeness (QED) is 0.797. The molecule has 0 aromatic carbocycles. The van der Waals surface area contributed by atoms with Crippen LogP contribution in [-0.2, 0) is 14.3 Å². The lowest BCUT2D eigenvalue weighted by Gasteiger charge is -2.25. The van der Waals surface area contributed by atoms with Crippen molar-refractivity contribution < 1.29 is 19.1 Å². The fourth-order valence-electron chi connectivity index (χ4n) is 2.53. The third kappa shape index (κ3) is 4.56. The first-order valence-electron chi connectivity index (χ1n) is 8.16. The summed E-state index contributed by atoms with van der Waals surface area (Å²) in [6.45, 7) is 6.00. The summed E-state index contributed by atoms with van der Waals surface area (Å²) < 4.78 is 5.13. The van der Waals surface area contributed by atoms with E-state index >= 15 is 0 Å². The zero-order chi connectivity index (χ0) is 17.7. The molecule has 132 valence electrons. The second-order valence-electron chi connectivity index (χ2n) is 6.53. The van der Waals surface area contributed by atoms with E-state index in [1.807, 2.05) is 26.2 Å². The van der Waals surface area contributed by atoms with Crippen molar-refractivity contribution in [3.63, 3.8) is 0 Å². The Hall–Kier alpha value is -1.89. The molecule has 0 spiro atoms. The molecule has 7 heteroatoms. The molecule has 0 unspecified atom stereocenters. The van der Waals surface area contributed by atoms with Crippen LogP contribution in [0.4, 0.5) is 0 Å². The van der Waals surface area contributed by atoms with Crippen molar-refractivity contribution >= 4 is 29.1 Å². The van der Waals surface area contributed by atoms with Crippen molar-refractivity contribution in [3.05, 3.63) is 22.4 Å². The van der Waals surface area contributed by atoms with E-state index in [-0.39, 0.29) is 24.0 Å². The highest BCUT2D eigenvalue weighted by molar-refractivity contribution is 7.12. The van der Waals surface area contributed by atoms with Crippen LogP contribution in [0, 0.1) is 0 Å². The van der Waals surface area contributed by atoms with Gasteiger partial charge in [-0.1, -0.05) is 13.0 Å². The number of amides is 2. The molecule has 1 aliphatic heterocycles. The predicted octanol–water partition coefficient (Wildman–Crippen LogP) is 2.20. The van der Waals surface area contributed by atoms with E-state index in [0.29, 0.717) is 17.8 Å². The molecule has 0 aliphatic carbocycles. The van der Waals surface area contributed by atoms with Gasteiger partial charge in [-0.2, -0.15) is 0 Å². The first kappa shape index (κ1) is 18.4. The molecule has 6 nitrogen and oxygen atoms in total. The number of hydrogen-bond acceptors (Lipinski definition) is 5. The Bertz CT molecular complexity index is 598. The maximum atomic E-state index is 12.4. The van der Waals surface area contributed by atoms with Gasteiger partial charge >= 0.3 is 5.97 Å². The Balaban J connectivity index is 1.89. The number of likely N-dealkylation sites (tertiary alicyclic amines) is 1. The van der Waals surface area contributed by atoms with Crippen LogP contribution >= 0.6 is 11.3 Å². The van der Waals surface area contributed by atoms with Crippen LogP contribution in [0.1, 0.15) is 49.7 Å². The standard InChI is InChI=1S/C17H24N2O4S/c1-4-17(2,3)18-14(20)11-23-16(22)12-7-5-9-19(12)15(21)13-8-6-10-24-13/h6,8,10,12H,4-5,7,9,11H2,1-3H3,(H,18,20)/t12-/m0/s1. The summed E-state index contributed by atoms with van der Waals surface area (Å²) in [4.78, 5) is 38.7. The summed E-state index contributed by atoms with van der Waals surface area (Å²) >= 11 is 1.35. The molecule has 0 bridgehead atoms. The zero-order valence-corrected chi connectivity index (χ0v) is 15.1. The maximum absolute atomic E-state index is 12.4. The van der Waals surface area contributed by atoms with E-state index in [2.05, 4.69) is 5.32 Å². The normalized spacial score (nSPS) is 17.6. The lowest BCUT2D eigenvalue weighted by atomic mass is 10.0. The van der Waals surface area contributed by atoms with Gasteiger partial charge in [0.1, 0.15) is 6.04 Å². The van der Waals surface area contributed by atoms with Crippen LogP contribution in [0.5, 0.6) is 0 Å². The Morgan fingerprint density at radius 3 is 2.79 bits per heavy atom. The predicted molar refractivity (Wildman–Crippen MR) is 91.8 cm³/mol. The SMILES string of the molecule is CCC(C)(C)NC(=O)COC(=O)[C@@H]1CCCN1C(=O)c1cccs1. The lowest BCUT2D eigenvalue weighted by molar-refractivity contribution is -0.152. The lowest BCUT2D eigenvalue weighted by Crippen LogP contribution is -2.46. The van der Waals surface area contributed by atoms with Crippen LogP contribution in [0.25, 0.3) is 0 Å². The van der Waals surface area contributed by atoms with Crippen LogP contribution < -0.4 is 5.32 Å². The molecular weight excluding hydrogens is 328 g/mol. The molecule has 2 amide bonds. The molecular formula is C17H24N2O4S. The third-order valence-electron chi connectivity index (χ3n) is 4.22. The minimum Gasteiger partial charge on any atom is -0.454 e. The number of carbonyl (C=O) groups excluding carboxylic acids is 3. The Kier molecular flexibility index (Phi) is 5.99. The molecule has 1 fully saturated rings. The van der Waals surface area contributed by atoms with Crippen LogP contribution in [-0.4, -0.2) is 47.4 Å². The number of hydrogen-bond donors (Lipinski definition) is 1. The molecule has 0 saturated carbocycles. The monoisotopic (exact) mass is 352 g/mol. The number of nitrogens with one attached hydrogen (secondary N) is 1. The minimum atomic E-state index is -0.605. The number of nitrogens with zero attached hydrogens (tertiary/aromatic N) is 1. The third-order valence-corrected chi connectivity index (χ3v) is 5.08. The van der Waals surface area contributed by atoms with E-state index < -0.39 is 12.0 Å².